The molecule has 12 nitrogen and oxygen atoms in total. The van der Waals surface area contributed by atoms with Gasteiger partial charge in [0.05, 0.1) is 6.61 Å². The first-order valence-corrected chi connectivity index (χ1v) is 7.35. The van der Waals surface area contributed by atoms with Crippen LogP contribution in [0.4, 0.5) is 0 Å². The molecule has 19 heavy (non-hydrogen) atoms. The summed E-state index contributed by atoms with van der Waals surface area (Å²) in [4.78, 5) is 47.9. The molecule has 0 amide bonds. The Morgan fingerprint density at radius 1 is 1.00 bits per heavy atom. The molecule has 14 heteroatoms. The maximum absolute atomic E-state index is 10.1. The number of carbonyl (C=O) groups excluding carboxylic acids is 1. The Morgan fingerprint density at radius 2 is 1.37 bits per heavy atom. The van der Waals surface area contributed by atoms with Crippen LogP contribution < -0.4 is 0 Å². The summed E-state index contributed by atoms with van der Waals surface area (Å²) in [6.07, 6.45) is -5.46. The molecule has 0 bridgehead atoms. The Balaban J connectivity index is 0. The van der Waals surface area contributed by atoms with E-state index in [1.54, 1.807) is 0 Å². The summed E-state index contributed by atoms with van der Waals surface area (Å²) in [5, 5.41) is 26.6. The average Bonchev–Trinajstić information content (AvgIpc) is 2.20. The van der Waals surface area contributed by atoms with Crippen molar-refractivity contribution in [3.8, 4) is 0 Å². The predicted octanol–water partition coefficient (Wildman–Crippen LogP) is -3.55. The van der Waals surface area contributed by atoms with Crippen molar-refractivity contribution in [1.82, 2.24) is 0 Å². The van der Waals surface area contributed by atoms with E-state index >= 15 is 0 Å². The highest BCUT2D eigenvalue weighted by molar-refractivity contribution is 7.46. The number of aliphatic hydroxyl groups is 3. The van der Waals surface area contributed by atoms with Crippen LogP contribution in [0.5, 0.6) is 0 Å². The number of rotatable bonds is 6. The van der Waals surface area contributed by atoms with Gasteiger partial charge in [-0.25, -0.2) is 9.13 Å². The van der Waals surface area contributed by atoms with Gasteiger partial charge < -0.3 is 44.6 Å². The number of carbonyl (C=O) groups is 1. The number of hydrogen-bond acceptors (Lipinski definition) is 7. The Hall–Kier alpha value is -0.230. The molecule has 0 radical (unpaired) electrons. The van der Waals surface area contributed by atoms with Gasteiger partial charge in [-0.15, -0.1) is 0 Å². The highest BCUT2D eigenvalue weighted by Gasteiger charge is 2.27. The van der Waals surface area contributed by atoms with Crippen LogP contribution in [0.1, 0.15) is 0 Å². The van der Waals surface area contributed by atoms with Crippen molar-refractivity contribution in [2.45, 2.75) is 18.3 Å². The first kappa shape index (κ1) is 21.1. The van der Waals surface area contributed by atoms with E-state index in [0.29, 0.717) is 0 Å². The lowest BCUT2D eigenvalue weighted by atomic mass is 10.1. The van der Waals surface area contributed by atoms with Crippen LogP contribution in [0.2, 0.25) is 0 Å². The lowest BCUT2D eigenvalue weighted by molar-refractivity contribution is -0.127. The van der Waals surface area contributed by atoms with Crippen LogP contribution in [-0.2, 0) is 18.4 Å². The van der Waals surface area contributed by atoms with Gasteiger partial charge in [0.1, 0.15) is 18.3 Å². The van der Waals surface area contributed by atoms with Gasteiger partial charge >= 0.3 is 15.6 Å². The monoisotopic (exact) mass is 328 g/mol. The van der Waals surface area contributed by atoms with Gasteiger partial charge in [0, 0.05) is 0 Å². The molecule has 0 spiro atoms. The highest BCUT2D eigenvalue weighted by Crippen LogP contribution is 2.35. The van der Waals surface area contributed by atoms with Crippen LogP contribution in [0, 0.1) is 0 Å². The van der Waals surface area contributed by atoms with Gasteiger partial charge in [-0.1, -0.05) is 0 Å². The minimum absolute atomic E-state index is 0.0225. The second-order valence-corrected chi connectivity index (χ2v) is 5.25. The van der Waals surface area contributed by atoms with Crippen molar-refractivity contribution < 1.29 is 58.2 Å². The quantitative estimate of drug-likeness (QED) is 0.175. The van der Waals surface area contributed by atoms with E-state index in [2.05, 4.69) is 4.52 Å². The normalized spacial score (nSPS) is 16.8. The highest BCUT2D eigenvalue weighted by atomic mass is 31.2. The zero-order valence-electron chi connectivity index (χ0n) is 9.12. The molecular weight excluding hydrogens is 314 g/mol. The van der Waals surface area contributed by atoms with Gasteiger partial charge in [0.25, 0.3) is 0 Å². The molecule has 116 valence electrons. The standard InChI is InChI=1S/C5H11O8P.H3O4P/c6-1-3(7)5(9)4(8)2-13-14(10,11)12;1-5(2,3)4/h1,3-5,7-9H,2H2,(H2,10,11,12);(H3,1,2,3,4). The molecule has 8 N–H and O–H groups in total. The molecule has 0 rings (SSSR count). The Kier molecular flexibility index (Phi) is 9.81. The molecule has 0 aromatic rings. The third kappa shape index (κ3) is 17.8. The molecule has 0 aromatic carbocycles. The van der Waals surface area contributed by atoms with E-state index in [0.717, 1.165) is 0 Å². The van der Waals surface area contributed by atoms with Crippen molar-refractivity contribution in [3.63, 3.8) is 0 Å². The molecule has 0 saturated carbocycles. The fourth-order valence-electron chi connectivity index (χ4n) is 0.580. The van der Waals surface area contributed by atoms with Crippen molar-refractivity contribution in [2.24, 2.45) is 0 Å². The third-order valence-electron chi connectivity index (χ3n) is 1.30. The van der Waals surface area contributed by atoms with E-state index in [1.807, 2.05) is 0 Å². The van der Waals surface area contributed by atoms with Gasteiger partial charge in [-0.05, 0) is 0 Å². The summed E-state index contributed by atoms with van der Waals surface area (Å²) in [5.41, 5.74) is 0. The first-order valence-electron chi connectivity index (χ1n) is 4.25. The maximum Gasteiger partial charge on any atom is 0.469 e. The van der Waals surface area contributed by atoms with Crippen LogP contribution in [0.15, 0.2) is 0 Å². The predicted molar refractivity (Wildman–Crippen MR) is 56.3 cm³/mol. The number of phosphoric ester groups is 1. The van der Waals surface area contributed by atoms with Crippen molar-refractivity contribution in [2.75, 3.05) is 6.61 Å². The molecule has 0 aliphatic heterocycles. The molecule has 0 fully saturated rings. The molecule has 0 saturated heterocycles. The topological polar surface area (TPSA) is 222 Å². The Labute approximate surface area is 106 Å². The van der Waals surface area contributed by atoms with Gasteiger partial charge in [-0.3, -0.25) is 4.52 Å². The van der Waals surface area contributed by atoms with E-state index in [4.69, 9.17) is 44.4 Å². The summed E-state index contributed by atoms with van der Waals surface area (Å²) in [5.74, 6) is 0. The zero-order valence-corrected chi connectivity index (χ0v) is 10.9. The SMILES string of the molecule is O=CC(O)C(O)C(O)COP(=O)(O)O.O=P(O)(O)O. The molecule has 0 heterocycles. The number of aldehydes is 1. The lowest BCUT2D eigenvalue weighted by Gasteiger charge is -2.19. The van der Waals surface area contributed by atoms with Gasteiger partial charge in [0.2, 0.25) is 0 Å². The molecule has 0 aromatic heterocycles. The second-order valence-electron chi connectivity index (χ2n) is 2.98. The zero-order chi connectivity index (χ0) is 15.9. The number of hydrogen-bond donors (Lipinski definition) is 8. The smallest absolute Gasteiger partial charge is 0.388 e. The molecule has 3 atom stereocenters. The summed E-state index contributed by atoms with van der Waals surface area (Å²) in [6.45, 7) is -0.893. The molecule has 3 unspecified atom stereocenters. The lowest BCUT2D eigenvalue weighted by Crippen LogP contribution is -2.40. The molecule has 0 aliphatic carbocycles. The van der Waals surface area contributed by atoms with Crippen molar-refractivity contribution >= 4 is 21.9 Å². The largest absolute Gasteiger partial charge is 0.469 e. The van der Waals surface area contributed by atoms with Crippen LogP contribution >= 0.6 is 15.6 Å². The average molecular weight is 328 g/mol. The minimum Gasteiger partial charge on any atom is -0.388 e. The Morgan fingerprint density at radius 3 is 1.63 bits per heavy atom. The fraction of sp³-hybridized carbons (Fsp3) is 0.800. The van der Waals surface area contributed by atoms with Crippen molar-refractivity contribution in [1.29, 1.82) is 0 Å². The fourth-order valence-corrected chi connectivity index (χ4v) is 0.927. The van der Waals surface area contributed by atoms with E-state index < -0.39 is 40.6 Å². The van der Waals surface area contributed by atoms with Gasteiger partial charge in [-0.2, -0.15) is 0 Å². The minimum atomic E-state index is -4.74. The molecular formula is C5H14O12P2. The van der Waals surface area contributed by atoms with Gasteiger partial charge in [0.15, 0.2) is 6.29 Å². The van der Waals surface area contributed by atoms with Crippen LogP contribution in [-0.4, -0.2) is 71.0 Å². The van der Waals surface area contributed by atoms with E-state index in [1.165, 1.54) is 0 Å². The Bertz CT molecular complexity index is 336. The maximum atomic E-state index is 10.1. The van der Waals surface area contributed by atoms with E-state index in [-0.39, 0.29) is 6.29 Å². The second kappa shape index (κ2) is 8.84. The summed E-state index contributed by atoms with van der Waals surface area (Å²) in [7, 11) is -9.38. The summed E-state index contributed by atoms with van der Waals surface area (Å²) < 4.78 is 22.9. The first-order chi connectivity index (χ1) is 8.28. The van der Waals surface area contributed by atoms with Crippen LogP contribution in [0.3, 0.4) is 0 Å². The summed E-state index contributed by atoms with van der Waals surface area (Å²) in [6, 6.07) is 0. The molecule has 0 aliphatic rings. The third-order valence-corrected chi connectivity index (χ3v) is 1.78. The van der Waals surface area contributed by atoms with Crippen molar-refractivity contribution in [3.05, 3.63) is 0 Å². The van der Waals surface area contributed by atoms with E-state index in [9.17, 15) is 9.36 Å². The van der Waals surface area contributed by atoms with Crippen LogP contribution in [0.25, 0.3) is 0 Å². The summed E-state index contributed by atoms with van der Waals surface area (Å²) >= 11 is 0. The number of phosphoric acid groups is 2. The number of aliphatic hydroxyl groups excluding tert-OH is 3.